The molecule has 0 aliphatic heterocycles. The molecule has 3 nitrogen and oxygen atoms in total. The van der Waals surface area contributed by atoms with Crippen molar-refractivity contribution in [3.8, 4) is 0 Å². The van der Waals surface area contributed by atoms with Gasteiger partial charge in [-0.1, -0.05) is 40.5 Å². The summed E-state index contributed by atoms with van der Waals surface area (Å²) in [5.74, 6) is 0. The number of rotatable bonds is 10. The zero-order valence-electron chi connectivity index (χ0n) is 14.0. The molecule has 1 fully saturated rings. The molecule has 1 saturated carbocycles. The number of nitrogens with one attached hydrogen (secondary N) is 1. The standard InChI is InChI=1S/C17H35NO2/c1-5-7-12-19-13-14-20-15-9-8-10-17(3,4)16(15)18-11-6-2/h15-16,18H,5-14H2,1-4H3. The molecule has 3 heteroatoms. The average molecular weight is 285 g/mol. The Balaban J connectivity index is 2.32. The normalized spacial score (nSPS) is 25.8. The fourth-order valence-electron chi connectivity index (χ4n) is 3.08. The molecule has 120 valence electrons. The number of ether oxygens (including phenoxy) is 2. The van der Waals surface area contributed by atoms with E-state index >= 15 is 0 Å². The Hall–Kier alpha value is -0.120. The summed E-state index contributed by atoms with van der Waals surface area (Å²) in [6.07, 6.45) is 7.62. The van der Waals surface area contributed by atoms with Crippen LogP contribution < -0.4 is 5.32 Å². The van der Waals surface area contributed by atoms with Crippen molar-refractivity contribution in [3.63, 3.8) is 0 Å². The smallest absolute Gasteiger partial charge is 0.0734 e. The maximum Gasteiger partial charge on any atom is 0.0734 e. The van der Waals surface area contributed by atoms with E-state index < -0.39 is 0 Å². The molecule has 0 saturated heterocycles. The van der Waals surface area contributed by atoms with Gasteiger partial charge in [0.15, 0.2) is 0 Å². The largest absolute Gasteiger partial charge is 0.379 e. The third kappa shape index (κ3) is 6.11. The zero-order valence-corrected chi connectivity index (χ0v) is 14.0. The van der Waals surface area contributed by atoms with Crippen LogP contribution in [0.5, 0.6) is 0 Å². The van der Waals surface area contributed by atoms with Gasteiger partial charge < -0.3 is 14.8 Å². The van der Waals surface area contributed by atoms with E-state index in [2.05, 4.69) is 33.0 Å². The molecule has 2 unspecified atom stereocenters. The molecule has 1 aliphatic carbocycles. The Kier molecular flexibility index (Phi) is 8.74. The molecule has 2 atom stereocenters. The van der Waals surface area contributed by atoms with Crippen molar-refractivity contribution < 1.29 is 9.47 Å². The van der Waals surface area contributed by atoms with Crippen LogP contribution in [0.2, 0.25) is 0 Å². The van der Waals surface area contributed by atoms with E-state index in [4.69, 9.17) is 9.47 Å². The van der Waals surface area contributed by atoms with Crippen molar-refractivity contribution in [2.75, 3.05) is 26.4 Å². The molecule has 1 N–H and O–H groups in total. The summed E-state index contributed by atoms with van der Waals surface area (Å²) in [5.41, 5.74) is 0.334. The second kappa shape index (κ2) is 9.75. The predicted molar refractivity (Wildman–Crippen MR) is 85.2 cm³/mol. The third-order valence-corrected chi connectivity index (χ3v) is 4.34. The van der Waals surface area contributed by atoms with E-state index in [0.29, 0.717) is 17.6 Å². The molecule has 0 aromatic heterocycles. The van der Waals surface area contributed by atoms with Crippen LogP contribution in [0.3, 0.4) is 0 Å². The van der Waals surface area contributed by atoms with Crippen molar-refractivity contribution in [2.45, 2.75) is 78.4 Å². The summed E-state index contributed by atoms with van der Waals surface area (Å²) in [6.45, 7) is 12.6. The third-order valence-electron chi connectivity index (χ3n) is 4.34. The van der Waals surface area contributed by atoms with E-state index in [0.717, 1.165) is 32.8 Å². The molecule has 0 aromatic rings. The summed E-state index contributed by atoms with van der Waals surface area (Å²) in [7, 11) is 0. The lowest BCUT2D eigenvalue weighted by molar-refractivity contribution is -0.0560. The van der Waals surface area contributed by atoms with Gasteiger partial charge in [-0.05, 0) is 37.6 Å². The molecule has 0 bridgehead atoms. The Labute approximate surface area is 125 Å². The van der Waals surface area contributed by atoms with Gasteiger partial charge in [0.2, 0.25) is 0 Å². The summed E-state index contributed by atoms with van der Waals surface area (Å²) < 4.78 is 11.7. The van der Waals surface area contributed by atoms with Crippen LogP contribution in [0, 0.1) is 5.41 Å². The van der Waals surface area contributed by atoms with Gasteiger partial charge in [-0.25, -0.2) is 0 Å². The number of hydrogen-bond acceptors (Lipinski definition) is 3. The lowest BCUT2D eigenvalue weighted by Gasteiger charge is -2.44. The van der Waals surface area contributed by atoms with Crippen molar-refractivity contribution in [3.05, 3.63) is 0 Å². The highest BCUT2D eigenvalue weighted by Gasteiger charge is 2.38. The molecule has 1 rings (SSSR count). The van der Waals surface area contributed by atoms with Crippen molar-refractivity contribution in [1.82, 2.24) is 5.32 Å². The Bertz CT molecular complexity index is 243. The second-order valence-electron chi connectivity index (χ2n) is 6.69. The van der Waals surface area contributed by atoms with Crippen LogP contribution >= 0.6 is 0 Å². The summed E-state index contributed by atoms with van der Waals surface area (Å²) in [5, 5.41) is 3.71. The summed E-state index contributed by atoms with van der Waals surface area (Å²) >= 11 is 0. The first kappa shape index (κ1) is 17.9. The van der Waals surface area contributed by atoms with Gasteiger partial charge in [-0.2, -0.15) is 0 Å². The van der Waals surface area contributed by atoms with Gasteiger partial charge in [-0.3, -0.25) is 0 Å². The molecule has 0 spiro atoms. The second-order valence-corrected chi connectivity index (χ2v) is 6.69. The van der Waals surface area contributed by atoms with Crippen LogP contribution in [-0.4, -0.2) is 38.5 Å². The highest BCUT2D eigenvalue weighted by atomic mass is 16.5. The summed E-state index contributed by atoms with van der Waals surface area (Å²) in [6, 6.07) is 0.479. The van der Waals surface area contributed by atoms with Crippen LogP contribution in [0.1, 0.15) is 66.2 Å². The minimum Gasteiger partial charge on any atom is -0.379 e. The first-order valence-electron chi connectivity index (χ1n) is 8.54. The fraction of sp³-hybridized carbons (Fsp3) is 1.00. The Morgan fingerprint density at radius 2 is 1.90 bits per heavy atom. The highest BCUT2D eigenvalue weighted by molar-refractivity contribution is 4.94. The van der Waals surface area contributed by atoms with E-state index in [1.807, 2.05) is 0 Å². The molecule has 0 aromatic carbocycles. The SMILES string of the molecule is CCCCOCCOC1CCCC(C)(C)C1NCCC. The topological polar surface area (TPSA) is 30.5 Å². The van der Waals surface area contributed by atoms with Crippen molar-refractivity contribution in [1.29, 1.82) is 0 Å². The quantitative estimate of drug-likeness (QED) is 0.620. The van der Waals surface area contributed by atoms with Gasteiger partial charge in [0.05, 0.1) is 19.3 Å². The lowest BCUT2D eigenvalue weighted by atomic mass is 9.71. The minimum atomic E-state index is 0.334. The first-order valence-corrected chi connectivity index (χ1v) is 8.54. The molecule has 0 radical (unpaired) electrons. The molecule has 0 heterocycles. The predicted octanol–water partition coefficient (Wildman–Crippen LogP) is 3.77. The fourth-order valence-corrected chi connectivity index (χ4v) is 3.08. The molecule has 0 amide bonds. The van der Waals surface area contributed by atoms with E-state index in [1.165, 1.54) is 32.1 Å². The maximum atomic E-state index is 6.12. The Morgan fingerprint density at radius 1 is 1.10 bits per heavy atom. The van der Waals surface area contributed by atoms with Crippen LogP contribution in [0.4, 0.5) is 0 Å². The lowest BCUT2D eigenvalue weighted by Crippen LogP contribution is -2.53. The maximum absolute atomic E-state index is 6.12. The van der Waals surface area contributed by atoms with Gasteiger partial charge in [0.25, 0.3) is 0 Å². The summed E-state index contributed by atoms with van der Waals surface area (Å²) in [4.78, 5) is 0. The van der Waals surface area contributed by atoms with Crippen LogP contribution in [-0.2, 0) is 9.47 Å². The van der Waals surface area contributed by atoms with Crippen molar-refractivity contribution >= 4 is 0 Å². The molecule has 20 heavy (non-hydrogen) atoms. The van der Waals surface area contributed by atoms with E-state index in [9.17, 15) is 0 Å². The molecule has 1 aliphatic rings. The van der Waals surface area contributed by atoms with Gasteiger partial charge in [0, 0.05) is 12.6 Å². The zero-order chi connectivity index (χ0) is 14.8. The van der Waals surface area contributed by atoms with Crippen molar-refractivity contribution in [2.24, 2.45) is 5.41 Å². The average Bonchev–Trinajstić information content (AvgIpc) is 2.41. The van der Waals surface area contributed by atoms with Crippen LogP contribution in [0.15, 0.2) is 0 Å². The van der Waals surface area contributed by atoms with Gasteiger partial charge in [0.1, 0.15) is 0 Å². The highest BCUT2D eigenvalue weighted by Crippen LogP contribution is 2.37. The Morgan fingerprint density at radius 3 is 2.60 bits per heavy atom. The minimum absolute atomic E-state index is 0.334. The first-order chi connectivity index (χ1) is 9.61. The molecular weight excluding hydrogens is 250 g/mol. The number of hydrogen-bond donors (Lipinski definition) is 1. The van der Waals surface area contributed by atoms with E-state index in [-0.39, 0.29) is 0 Å². The van der Waals surface area contributed by atoms with Gasteiger partial charge in [-0.15, -0.1) is 0 Å². The van der Waals surface area contributed by atoms with E-state index in [1.54, 1.807) is 0 Å². The number of unbranched alkanes of at least 4 members (excludes halogenated alkanes) is 1. The van der Waals surface area contributed by atoms with Gasteiger partial charge >= 0.3 is 0 Å². The van der Waals surface area contributed by atoms with Crippen LogP contribution in [0.25, 0.3) is 0 Å². The monoisotopic (exact) mass is 285 g/mol. The molecular formula is C17H35NO2.